The molecule has 1 atom stereocenters. The summed E-state index contributed by atoms with van der Waals surface area (Å²) in [4.78, 5) is 26.8. The topological polar surface area (TPSA) is 72.9 Å². The van der Waals surface area contributed by atoms with Crippen molar-refractivity contribution in [3.8, 4) is 0 Å². The molecule has 1 aromatic carbocycles. The summed E-state index contributed by atoms with van der Waals surface area (Å²) in [6.07, 6.45) is 0.477. The summed E-state index contributed by atoms with van der Waals surface area (Å²) in [7, 11) is -3.49. The van der Waals surface area contributed by atoms with Crippen LogP contribution < -0.4 is 0 Å². The Morgan fingerprint density at radius 3 is 1.93 bits per heavy atom. The second-order valence-electron chi connectivity index (χ2n) is 7.07. The smallest absolute Gasteiger partial charge is 0.309 e. The van der Waals surface area contributed by atoms with Crippen LogP contribution in [0.25, 0.3) is 0 Å². The van der Waals surface area contributed by atoms with Crippen molar-refractivity contribution in [2.45, 2.75) is 45.9 Å². The van der Waals surface area contributed by atoms with Crippen LogP contribution in [-0.2, 0) is 13.6 Å². The van der Waals surface area contributed by atoms with Gasteiger partial charge in [0.1, 0.15) is 4.87 Å². The van der Waals surface area contributed by atoms with Crippen molar-refractivity contribution in [3.05, 3.63) is 35.4 Å². The third-order valence-corrected chi connectivity index (χ3v) is 8.18. The number of benzene rings is 1. The summed E-state index contributed by atoms with van der Waals surface area (Å²) < 4.78 is 24.5. The third-order valence-electron chi connectivity index (χ3n) is 4.43. The molecule has 0 saturated carbocycles. The molecule has 8 heteroatoms. The first-order valence-corrected chi connectivity index (χ1v) is 12.4. The number of carbonyl (C=O) groups is 2. The summed E-state index contributed by atoms with van der Waals surface area (Å²) in [5.74, 6) is 0.127. The molecule has 6 nitrogen and oxygen atoms in total. The van der Waals surface area contributed by atoms with Crippen LogP contribution in [0.5, 0.6) is 0 Å². The van der Waals surface area contributed by atoms with Gasteiger partial charge in [-0.3, -0.25) is 19.1 Å². The highest BCUT2D eigenvalue weighted by Crippen LogP contribution is 2.56. The van der Waals surface area contributed by atoms with E-state index < -0.39 is 12.5 Å². The van der Waals surface area contributed by atoms with Crippen molar-refractivity contribution in [2.24, 2.45) is 5.92 Å². The van der Waals surface area contributed by atoms with E-state index in [9.17, 15) is 14.2 Å². The van der Waals surface area contributed by atoms with E-state index in [1.165, 1.54) is 16.7 Å². The molecule has 2 rings (SSSR count). The van der Waals surface area contributed by atoms with Crippen LogP contribution in [0.15, 0.2) is 24.3 Å². The zero-order valence-corrected chi connectivity index (χ0v) is 19.0. The normalized spacial score (nSPS) is 16.6. The van der Waals surface area contributed by atoms with Gasteiger partial charge in [0.15, 0.2) is 0 Å². The molecule has 156 valence electrons. The lowest BCUT2D eigenvalue weighted by Crippen LogP contribution is -2.53. The minimum atomic E-state index is -3.49. The second kappa shape index (κ2) is 9.57. The van der Waals surface area contributed by atoms with Crippen LogP contribution in [0.4, 0.5) is 0 Å². The number of fused-ring (bicyclic) bond motifs is 1. The molecule has 1 aliphatic heterocycles. The van der Waals surface area contributed by atoms with Crippen LogP contribution in [0.2, 0.25) is 0 Å². The fourth-order valence-electron chi connectivity index (χ4n) is 3.69. The lowest BCUT2D eigenvalue weighted by Gasteiger charge is -2.42. The average Bonchev–Trinajstić information content (AvgIpc) is 2.86. The van der Waals surface area contributed by atoms with Crippen molar-refractivity contribution in [2.75, 3.05) is 25.1 Å². The number of imide groups is 1. The molecule has 1 aromatic rings. The van der Waals surface area contributed by atoms with Gasteiger partial charge in [-0.05, 0) is 44.1 Å². The summed E-state index contributed by atoms with van der Waals surface area (Å²) in [6, 6.07) is 6.82. The summed E-state index contributed by atoms with van der Waals surface area (Å²) >= 11 is 1.46. The number of hydrogen-bond acceptors (Lipinski definition) is 6. The van der Waals surface area contributed by atoms with Gasteiger partial charge in [-0.25, -0.2) is 0 Å². The van der Waals surface area contributed by atoms with E-state index in [2.05, 4.69) is 0 Å². The number of carbonyl (C=O) groups excluding carboxylic acids is 2. The highest BCUT2D eigenvalue weighted by molar-refractivity contribution is 8.00. The molecular formula is C20H30NO5PS. The van der Waals surface area contributed by atoms with E-state index in [-0.39, 0.29) is 37.1 Å². The van der Waals surface area contributed by atoms with Crippen molar-refractivity contribution in [1.29, 1.82) is 0 Å². The molecule has 2 amide bonds. The molecular weight excluding hydrogens is 397 g/mol. The standard InChI is InChI=1S/C20H30NO5PS/c1-6-25-27(24,26-7-2)14-20(28-8-3,13-15(4)5)21-18(22)16-11-9-10-12-17(16)19(21)23/h9-12,15H,6-8,13-14H2,1-5H3. The van der Waals surface area contributed by atoms with Crippen LogP contribution in [0, 0.1) is 5.92 Å². The minimum absolute atomic E-state index is 0.0240. The molecule has 1 heterocycles. The maximum absolute atomic E-state index is 13.4. The van der Waals surface area contributed by atoms with Crippen molar-refractivity contribution in [3.63, 3.8) is 0 Å². The predicted molar refractivity (Wildman–Crippen MR) is 113 cm³/mol. The molecule has 0 fully saturated rings. The highest BCUT2D eigenvalue weighted by Gasteiger charge is 2.53. The van der Waals surface area contributed by atoms with Crippen LogP contribution >= 0.6 is 19.4 Å². The van der Waals surface area contributed by atoms with Crippen LogP contribution in [-0.4, -0.2) is 46.7 Å². The molecule has 0 radical (unpaired) electrons. The SMILES string of the molecule is CCOP(=O)(CC(CC(C)C)(SCC)N1C(=O)c2ccccc2C1=O)OCC. The Labute approximate surface area is 171 Å². The molecule has 0 spiro atoms. The van der Waals surface area contributed by atoms with Crippen molar-refractivity contribution < 1.29 is 23.2 Å². The quantitative estimate of drug-likeness (QED) is 0.364. The Bertz CT molecular complexity index is 724. The lowest BCUT2D eigenvalue weighted by atomic mass is 10.0. The van der Waals surface area contributed by atoms with E-state index in [0.29, 0.717) is 23.3 Å². The Morgan fingerprint density at radius 1 is 1.04 bits per heavy atom. The van der Waals surface area contributed by atoms with E-state index in [0.717, 1.165) is 0 Å². The van der Waals surface area contributed by atoms with Gasteiger partial charge in [0.2, 0.25) is 0 Å². The molecule has 1 unspecified atom stereocenters. The monoisotopic (exact) mass is 427 g/mol. The number of hydrogen-bond donors (Lipinski definition) is 0. The average molecular weight is 428 g/mol. The molecule has 1 aliphatic rings. The van der Waals surface area contributed by atoms with Gasteiger partial charge in [0.05, 0.1) is 30.5 Å². The second-order valence-corrected chi connectivity index (χ2v) is 10.8. The first-order chi connectivity index (χ1) is 13.2. The zero-order valence-electron chi connectivity index (χ0n) is 17.3. The van der Waals surface area contributed by atoms with Gasteiger partial charge in [0, 0.05) is 0 Å². The lowest BCUT2D eigenvalue weighted by molar-refractivity contribution is 0.0542. The van der Waals surface area contributed by atoms with E-state index in [1.54, 1.807) is 38.1 Å². The molecule has 0 N–H and O–H groups in total. The highest BCUT2D eigenvalue weighted by atomic mass is 32.2. The van der Waals surface area contributed by atoms with Gasteiger partial charge in [-0.1, -0.05) is 32.9 Å². The molecule has 0 bridgehead atoms. The number of thioether (sulfide) groups is 1. The largest absolute Gasteiger partial charge is 0.333 e. The van der Waals surface area contributed by atoms with Gasteiger partial charge in [-0.15, -0.1) is 11.8 Å². The van der Waals surface area contributed by atoms with Gasteiger partial charge in [-0.2, -0.15) is 0 Å². The van der Waals surface area contributed by atoms with E-state index in [1.807, 2.05) is 20.8 Å². The van der Waals surface area contributed by atoms with E-state index >= 15 is 0 Å². The van der Waals surface area contributed by atoms with Crippen molar-refractivity contribution in [1.82, 2.24) is 4.90 Å². The maximum atomic E-state index is 13.4. The fraction of sp³-hybridized carbons (Fsp3) is 0.600. The molecule has 0 saturated heterocycles. The zero-order chi connectivity index (χ0) is 20.9. The number of nitrogens with zero attached hydrogens (tertiary/aromatic N) is 1. The van der Waals surface area contributed by atoms with E-state index in [4.69, 9.17) is 9.05 Å². The third kappa shape index (κ3) is 4.70. The van der Waals surface area contributed by atoms with Crippen LogP contribution in [0.3, 0.4) is 0 Å². The minimum Gasteiger partial charge on any atom is -0.309 e. The Hall–Kier alpha value is -1.14. The Balaban J connectivity index is 2.57. The van der Waals surface area contributed by atoms with Gasteiger partial charge in [0.25, 0.3) is 11.8 Å². The maximum Gasteiger partial charge on any atom is 0.333 e. The molecule has 28 heavy (non-hydrogen) atoms. The number of amides is 2. The molecule has 0 aromatic heterocycles. The molecule has 0 aliphatic carbocycles. The van der Waals surface area contributed by atoms with Crippen molar-refractivity contribution >= 4 is 31.2 Å². The predicted octanol–water partition coefficient (Wildman–Crippen LogP) is 5.04. The fourth-order valence-corrected chi connectivity index (χ4v) is 7.73. The Kier molecular flexibility index (Phi) is 7.91. The first-order valence-electron chi connectivity index (χ1n) is 9.73. The Morgan fingerprint density at radius 2 is 1.54 bits per heavy atom. The summed E-state index contributed by atoms with van der Waals surface area (Å²) in [5.41, 5.74) is 0.778. The first kappa shape index (κ1) is 23.1. The van der Waals surface area contributed by atoms with Gasteiger partial charge < -0.3 is 9.05 Å². The van der Waals surface area contributed by atoms with Gasteiger partial charge >= 0.3 is 7.60 Å². The van der Waals surface area contributed by atoms with Crippen LogP contribution in [0.1, 0.15) is 61.8 Å². The number of rotatable bonds is 11. The summed E-state index contributed by atoms with van der Waals surface area (Å²) in [5, 5.41) is 0. The summed E-state index contributed by atoms with van der Waals surface area (Å²) in [6.45, 7) is 9.98.